The molecule has 0 bridgehead atoms. The van der Waals surface area contributed by atoms with E-state index in [9.17, 15) is 0 Å². The molecule has 0 heterocycles. The van der Waals surface area contributed by atoms with E-state index in [1.54, 1.807) is 13.3 Å². The molecule has 0 saturated heterocycles. The lowest BCUT2D eigenvalue weighted by Gasteiger charge is -2.05. The van der Waals surface area contributed by atoms with Crippen molar-refractivity contribution in [3.63, 3.8) is 0 Å². The van der Waals surface area contributed by atoms with Crippen molar-refractivity contribution in [3.8, 4) is 5.75 Å². The van der Waals surface area contributed by atoms with Crippen molar-refractivity contribution < 1.29 is 4.74 Å². The van der Waals surface area contributed by atoms with Gasteiger partial charge in [0.05, 0.1) is 13.3 Å². The molecule has 0 spiro atoms. The third-order valence-electron chi connectivity index (χ3n) is 3.55. The first-order valence-corrected chi connectivity index (χ1v) is 7.64. The maximum absolute atomic E-state index is 5.35. The number of methoxy groups -OCH3 is 1. The number of rotatable bonds is 4. The van der Waals surface area contributed by atoms with Gasteiger partial charge in [-0.15, -0.1) is 0 Å². The minimum absolute atomic E-state index is 0.573. The van der Waals surface area contributed by atoms with Gasteiger partial charge in [-0.25, -0.2) is 0 Å². The molecule has 3 aromatic carbocycles. The summed E-state index contributed by atoms with van der Waals surface area (Å²) in [4.78, 5) is 0.573. The van der Waals surface area contributed by atoms with E-state index in [0.29, 0.717) is 4.99 Å². The van der Waals surface area contributed by atoms with Crippen LogP contribution in [0.4, 0.5) is 0 Å². The fourth-order valence-corrected chi connectivity index (χ4v) is 2.52. The number of fused-ring (bicyclic) bond motifs is 1. The summed E-state index contributed by atoms with van der Waals surface area (Å²) in [5, 5.41) is 6.62. The van der Waals surface area contributed by atoms with Crippen LogP contribution in [0, 0.1) is 0 Å². The van der Waals surface area contributed by atoms with Gasteiger partial charge in [0, 0.05) is 11.1 Å². The van der Waals surface area contributed by atoms with E-state index in [1.807, 2.05) is 48.5 Å². The van der Waals surface area contributed by atoms with E-state index < -0.39 is 0 Å². The lowest BCUT2D eigenvalue weighted by atomic mass is 10.1. The maximum Gasteiger partial charge on any atom is 0.126 e. The zero-order chi connectivity index (χ0) is 16.1. The van der Waals surface area contributed by atoms with E-state index in [1.165, 1.54) is 5.39 Å². The summed E-state index contributed by atoms with van der Waals surface area (Å²) in [6.45, 7) is 0. The predicted octanol–water partition coefficient (Wildman–Crippen LogP) is 4.15. The van der Waals surface area contributed by atoms with Crippen LogP contribution in [-0.4, -0.2) is 18.3 Å². The summed E-state index contributed by atoms with van der Waals surface area (Å²) in [5.74, 6) is 0.802. The fraction of sp³-hybridized carbons (Fsp3) is 0.0526. The van der Waals surface area contributed by atoms with Gasteiger partial charge in [-0.3, -0.25) is 5.43 Å². The highest BCUT2D eigenvalue weighted by Gasteiger charge is 2.00. The SMILES string of the molecule is COc1ccc(C(=S)N/N=C\c2cccc3ccccc23)cc1. The van der Waals surface area contributed by atoms with Crippen molar-refractivity contribution in [2.24, 2.45) is 5.10 Å². The second kappa shape index (κ2) is 7.03. The summed E-state index contributed by atoms with van der Waals surface area (Å²) < 4.78 is 5.14. The lowest BCUT2D eigenvalue weighted by Crippen LogP contribution is -2.16. The van der Waals surface area contributed by atoms with Gasteiger partial charge in [0.25, 0.3) is 0 Å². The van der Waals surface area contributed by atoms with Crippen LogP contribution >= 0.6 is 12.2 Å². The normalized spacial score (nSPS) is 10.8. The third-order valence-corrected chi connectivity index (χ3v) is 3.87. The van der Waals surface area contributed by atoms with Crippen molar-refractivity contribution >= 4 is 34.2 Å². The van der Waals surface area contributed by atoms with Crippen LogP contribution in [0.25, 0.3) is 10.8 Å². The molecule has 0 aliphatic heterocycles. The number of benzene rings is 3. The van der Waals surface area contributed by atoms with Gasteiger partial charge >= 0.3 is 0 Å². The van der Waals surface area contributed by atoms with Crippen LogP contribution in [-0.2, 0) is 0 Å². The first-order valence-electron chi connectivity index (χ1n) is 7.23. The van der Waals surface area contributed by atoms with Crippen LogP contribution < -0.4 is 10.2 Å². The van der Waals surface area contributed by atoms with Crippen LogP contribution in [0.15, 0.2) is 71.8 Å². The number of thiocarbonyl (C=S) groups is 1. The Morgan fingerprint density at radius 3 is 2.52 bits per heavy atom. The average Bonchev–Trinajstić information content (AvgIpc) is 2.62. The molecule has 3 nitrogen and oxygen atoms in total. The van der Waals surface area contributed by atoms with Crippen molar-refractivity contribution in [2.45, 2.75) is 0 Å². The molecule has 0 aliphatic rings. The van der Waals surface area contributed by atoms with Gasteiger partial charge in [0.1, 0.15) is 10.7 Å². The highest BCUT2D eigenvalue weighted by molar-refractivity contribution is 7.80. The largest absolute Gasteiger partial charge is 0.497 e. The molecule has 1 N–H and O–H groups in total. The van der Waals surface area contributed by atoms with E-state index in [4.69, 9.17) is 17.0 Å². The van der Waals surface area contributed by atoms with E-state index >= 15 is 0 Å². The van der Waals surface area contributed by atoms with Crippen LogP contribution in [0.2, 0.25) is 0 Å². The smallest absolute Gasteiger partial charge is 0.126 e. The molecule has 3 rings (SSSR count). The molecule has 0 saturated carbocycles. The number of hydrogen-bond acceptors (Lipinski definition) is 3. The van der Waals surface area contributed by atoms with Crippen molar-refractivity contribution in [1.29, 1.82) is 0 Å². The van der Waals surface area contributed by atoms with Gasteiger partial charge in [0.15, 0.2) is 0 Å². The average molecular weight is 320 g/mol. The zero-order valence-corrected chi connectivity index (χ0v) is 13.5. The van der Waals surface area contributed by atoms with Gasteiger partial charge < -0.3 is 4.74 Å². The highest BCUT2D eigenvalue weighted by Crippen LogP contribution is 2.16. The number of ether oxygens (including phenoxy) is 1. The molecular formula is C19H16N2OS. The van der Waals surface area contributed by atoms with Crippen molar-refractivity contribution in [1.82, 2.24) is 5.43 Å². The highest BCUT2D eigenvalue weighted by atomic mass is 32.1. The molecule has 114 valence electrons. The molecule has 23 heavy (non-hydrogen) atoms. The van der Waals surface area contributed by atoms with E-state index in [-0.39, 0.29) is 0 Å². The fourth-order valence-electron chi connectivity index (χ4n) is 2.33. The third kappa shape index (κ3) is 3.55. The molecule has 0 aromatic heterocycles. The molecule has 0 aliphatic carbocycles. The molecule has 0 amide bonds. The summed E-state index contributed by atoms with van der Waals surface area (Å²) in [5.41, 5.74) is 4.86. The zero-order valence-electron chi connectivity index (χ0n) is 12.7. The monoisotopic (exact) mass is 320 g/mol. The van der Waals surface area contributed by atoms with Gasteiger partial charge in [-0.05, 0) is 35.0 Å². The topological polar surface area (TPSA) is 33.6 Å². The van der Waals surface area contributed by atoms with Gasteiger partial charge in [-0.2, -0.15) is 5.10 Å². The summed E-state index contributed by atoms with van der Waals surface area (Å²) in [7, 11) is 1.64. The summed E-state index contributed by atoms with van der Waals surface area (Å²) in [6.07, 6.45) is 1.79. The van der Waals surface area contributed by atoms with Gasteiger partial charge in [0.2, 0.25) is 0 Å². The Balaban J connectivity index is 1.73. The number of nitrogens with one attached hydrogen (secondary N) is 1. The van der Waals surface area contributed by atoms with Crippen molar-refractivity contribution in [2.75, 3.05) is 7.11 Å². The van der Waals surface area contributed by atoms with E-state index in [0.717, 1.165) is 22.3 Å². The number of nitrogens with zero attached hydrogens (tertiary/aromatic N) is 1. The Bertz CT molecular complexity index is 851. The first-order chi connectivity index (χ1) is 11.3. The van der Waals surface area contributed by atoms with Crippen LogP contribution in [0.1, 0.15) is 11.1 Å². The van der Waals surface area contributed by atoms with Crippen molar-refractivity contribution in [3.05, 3.63) is 77.9 Å². The standard InChI is InChI=1S/C19H16N2OS/c1-22-17-11-9-15(10-12-17)19(23)21-20-13-16-7-4-6-14-5-2-3-8-18(14)16/h2-13H,1H3,(H,21,23)/b20-13-. The summed E-state index contributed by atoms with van der Waals surface area (Å²) in [6, 6.07) is 21.9. The first kappa shape index (κ1) is 15.2. The number of hydrazone groups is 1. The Labute approximate surface area is 140 Å². The minimum Gasteiger partial charge on any atom is -0.497 e. The predicted molar refractivity (Wildman–Crippen MR) is 99.4 cm³/mol. The second-order valence-corrected chi connectivity index (χ2v) is 5.40. The molecule has 3 aromatic rings. The second-order valence-electron chi connectivity index (χ2n) is 5.00. The molecule has 4 heteroatoms. The number of hydrogen-bond donors (Lipinski definition) is 1. The molecular weight excluding hydrogens is 304 g/mol. The molecule has 0 radical (unpaired) electrons. The Morgan fingerprint density at radius 1 is 1.00 bits per heavy atom. The minimum atomic E-state index is 0.573. The maximum atomic E-state index is 5.35. The Morgan fingerprint density at radius 2 is 1.74 bits per heavy atom. The molecule has 0 atom stereocenters. The Kier molecular flexibility index (Phi) is 4.64. The quantitative estimate of drug-likeness (QED) is 0.445. The Hall–Kier alpha value is -2.72. The summed E-state index contributed by atoms with van der Waals surface area (Å²) >= 11 is 5.35. The molecule has 0 fully saturated rings. The van der Waals surface area contributed by atoms with Crippen LogP contribution in [0.5, 0.6) is 5.75 Å². The molecule has 0 unspecified atom stereocenters. The van der Waals surface area contributed by atoms with Crippen LogP contribution in [0.3, 0.4) is 0 Å². The lowest BCUT2D eigenvalue weighted by molar-refractivity contribution is 0.415. The van der Waals surface area contributed by atoms with Gasteiger partial charge in [-0.1, -0.05) is 54.7 Å². The van der Waals surface area contributed by atoms with E-state index in [2.05, 4.69) is 28.7 Å².